The van der Waals surface area contributed by atoms with Crippen molar-refractivity contribution in [1.29, 1.82) is 0 Å². The number of phenolic OH excluding ortho intramolecular Hbond substituents is 1. The van der Waals surface area contributed by atoms with E-state index < -0.39 is 6.16 Å². The Kier molecular flexibility index (Phi) is 16.9. The Bertz CT molecular complexity index is 313. The predicted octanol–water partition coefficient (Wildman–Crippen LogP) is -7.51. The number of carbonyl (C=O) groups excluding carboxylic acids is 2. The summed E-state index contributed by atoms with van der Waals surface area (Å²) in [7, 11) is 0. The Morgan fingerprint density at radius 2 is 1.81 bits per heavy atom. The van der Waals surface area contributed by atoms with Gasteiger partial charge in [-0.25, -0.2) is 0 Å². The van der Waals surface area contributed by atoms with Crippen LogP contribution in [0.2, 0.25) is 0 Å². The third-order valence-electron chi connectivity index (χ3n) is 1.00. The molecule has 0 spiro atoms. The second kappa shape index (κ2) is 12.8. The molecule has 0 atom stereocenters. The van der Waals surface area contributed by atoms with Crippen LogP contribution in [-0.2, 0) is 4.79 Å². The predicted molar refractivity (Wildman–Crippen MR) is 40.2 cm³/mol. The Morgan fingerprint density at radius 1 is 1.31 bits per heavy atom. The van der Waals surface area contributed by atoms with Gasteiger partial charge in [-0.05, 0) is 18.3 Å². The van der Waals surface area contributed by atoms with Gasteiger partial charge in [-0.2, -0.15) is 0 Å². The molecule has 0 saturated carbocycles. The van der Waals surface area contributed by atoms with E-state index in [1.165, 1.54) is 12.1 Å². The van der Waals surface area contributed by atoms with Gasteiger partial charge < -0.3 is 24.9 Å². The van der Waals surface area contributed by atoms with Crippen molar-refractivity contribution >= 4 is 12.6 Å². The number of phenols is 1. The van der Waals surface area contributed by atoms with Gasteiger partial charge in [-0.3, -0.25) is 4.79 Å². The fourth-order valence-electron chi connectivity index (χ4n) is 0.612. The second-order valence-electron chi connectivity index (χ2n) is 1.96. The molecule has 1 N–H and O–H groups in total. The molecule has 0 fully saturated rings. The average Bonchev–Trinajstić information content (AvgIpc) is 2.03. The number of ether oxygens (including phenoxy) is 1. The van der Waals surface area contributed by atoms with Crippen LogP contribution < -0.4 is 74.1 Å². The maximum Gasteiger partial charge on any atom is 1.00 e. The quantitative estimate of drug-likeness (QED) is 0.409. The molecule has 0 aromatic heterocycles. The maximum atomic E-state index is 9.78. The van der Waals surface area contributed by atoms with Gasteiger partial charge in [0, 0.05) is 6.07 Å². The summed E-state index contributed by atoms with van der Waals surface area (Å²) in [4.78, 5) is 18.1. The van der Waals surface area contributed by atoms with Crippen LogP contribution in [0.5, 0.6) is 11.5 Å². The molecule has 0 heterocycles. The molecule has 0 amide bonds. The molecule has 0 bridgehead atoms. The number of hydrogen-bond donors (Lipinski definition) is 1. The first kappa shape index (κ1) is 21.1. The molecule has 1 aromatic carbocycles. The molecule has 0 aliphatic carbocycles. The SMILES string of the molecule is O=C([O-])[O-].O=COc1cccc(O)c1.[Na+].[Na+]. The van der Waals surface area contributed by atoms with Gasteiger partial charge in [0.15, 0.2) is 0 Å². The van der Waals surface area contributed by atoms with Crippen LogP contribution in [-0.4, -0.2) is 17.7 Å². The van der Waals surface area contributed by atoms with E-state index in [9.17, 15) is 4.79 Å². The largest absolute Gasteiger partial charge is 1.00 e. The molecule has 1 rings (SSSR count). The number of rotatable bonds is 2. The number of benzene rings is 1. The summed E-state index contributed by atoms with van der Waals surface area (Å²) in [5.74, 6) is 0.425. The van der Waals surface area contributed by atoms with E-state index >= 15 is 0 Å². The number of aromatic hydroxyl groups is 1. The second-order valence-corrected chi connectivity index (χ2v) is 1.96. The Hall–Kier alpha value is -0.240. The Morgan fingerprint density at radius 3 is 2.19 bits per heavy atom. The molecular formula is C8H6Na2O6. The Labute approximate surface area is 136 Å². The fraction of sp³-hybridized carbons (Fsp3) is 0. The summed E-state index contributed by atoms with van der Waals surface area (Å²) in [6.07, 6.45) is -2.33. The van der Waals surface area contributed by atoms with Crippen molar-refractivity contribution in [3.8, 4) is 11.5 Å². The van der Waals surface area contributed by atoms with E-state index in [1.807, 2.05) is 0 Å². The van der Waals surface area contributed by atoms with Gasteiger partial charge in [0.1, 0.15) is 11.5 Å². The molecule has 0 radical (unpaired) electrons. The summed E-state index contributed by atoms with van der Waals surface area (Å²) in [5.41, 5.74) is 0. The molecule has 76 valence electrons. The van der Waals surface area contributed by atoms with E-state index in [0.29, 0.717) is 12.2 Å². The van der Waals surface area contributed by atoms with E-state index in [4.69, 9.17) is 20.1 Å². The van der Waals surface area contributed by atoms with Gasteiger partial charge in [0.25, 0.3) is 6.47 Å². The van der Waals surface area contributed by atoms with E-state index in [1.54, 1.807) is 12.1 Å². The Balaban J connectivity index is -0.000000249. The normalized spacial score (nSPS) is 7.00. The van der Waals surface area contributed by atoms with Crippen molar-refractivity contribution in [2.45, 2.75) is 0 Å². The van der Waals surface area contributed by atoms with Crippen molar-refractivity contribution in [2.75, 3.05) is 0 Å². The van der Waals surface area contributed by atoms with Crippen LogP contribution in [0.1, 0.15) is 0 Å². The van der Waals surface area contributed by atoms with Crippen molar-refractivity contribution < 1.29 is 88.8 Å². The molecule has 0 aliphatic rings. The van der Waals surface area contributed by atoms with Crippen LogP contribution >= 0.6 is 0 Å². The van der Waals surface area contributed by atoms with Crippen LogP contribution in [0, 0.1) is 0 Å². The van der Waals surface area contributed by atoms with E-state index in [-0.39, 0.29) is 64.9 Å². The van der Waals surface area contributed by atoms with Gasteiger partial charge >= 0.3 is 59.1 Å². The van der Waals surface area contributed by atoms with Crippen LogP contribution in [0.4, 0.5) is 4.79 Å². The minimum atomic E-state index is -2.33. The zero-order valence-electron chi connectivity index (χ0n) is 8.88. The maximum absolute atomic E-state index is 9.78. The molecule has 0 saturated heterocycles. The fourth-order valence-corrected chi connectivity index (χ4v) is 0.612. The van der Waals surface area contributed by atoms with E-state index in [2.05, 4.69) is 4.74 Å². The number of carbonyl (C=O) groups is 2. The van der Waals surface area contributed by atoms with Crippen molar-refractivity contribution in [1.82, 2.24) is 0 Å². The first-order chi connectivity index (χ1) is 6.56. The molecule has 8 heteroatoms. The van der Waals surface area contributed by atoms with Gasteiger partial charge in [0.2, 0.25) is 0 Å². The standard InChI is InChI=1S/C7H6O3.CH2O3.2Na/c8-5-10-7-3-1-2-6(9)4-7;2-1(3)4;;/h1-5,9H;(H2,2,3,4);;/q;;2*+1/p-2. The average molecular weight is 244 g/mol. The topological polar surface area (TPSA) is 110 Å². The summed E-state index contributed by atoms with van der Waals surface area (Å²) < 4.78 is 4.45. The third kappa shape index (κ3) is 13.8. The first-order valence-electron chi connectivity index (χ1n) is 3.33. The van der Waals surface area contributed by atoms with Crippen molar-refractivity contribution in [3.63, 3.8) is 0 Å². The summed E-state index contributed by atoms with van der Waals surface area (Å²) in [6, 6.07) is 6.02. The molecular weight excluding hydrogens is 238 g/mol. The molecule has 6 nitrogen and oxygen atoms in total. The van der Waals surface area contributed by atoms with E-state index in [0.717, 1.165) is 0 Å². The zero-order valence-corrected chi connectivity index (χ0v) is 12.9. The van der Waals surface area contributed by atoms with Crippen LogP contribution in [0.25, 0.3) is 0 Å². The molecule has 0 unspecified atom stereocenters. The first-order valence-corrected chi connectivity index (χ1v) is 3.33. The molecule has 0 aliphatic heterocycles. The van der Waals surface area contributed by atoms with Crippen LogP contribution in [0.3, 0.4) is 0 Å². The van der Waals surface area contributed by atoms with Gasteiger partial charge in [0.05, 0.1) is 0 Å². The third-order valence-corrected chi connectivity index (χ3v) is 1.00. The van der Waals surface area contributed by atoms with Crippen LogP contribution in [0.15, 0.2) is 24.3 Å². The summed E-state index contributed by atoms with van der Waals surface area (Å²) in [6.45, 7) is 0.314. The molecule has 16 heavy (non-hydrogen) atoms. The zero-order chi connectivity index (χ0) is 11.0. The number of hydrogen-bond acceptors (Lipinski definition) is 6. The number of carboxylic acid groups (broad SMARTS) is 2. The van der Waals surface area contributed by atoms with Gasteiger partial charge in [-0.1, -0.05) is 6.07 Å². The monoisotopic (exact) mass is 244 g/mol. The van der Waals surface area contributed by atoms with Gasteiger partial charge in [-0.15, -0.1) is 0 Å². The summed E-state index contributed by atoms with van der Waals surface area (Å²) >= 11 is 0. The van der Waals surface area contributed by atoms with Crippen molar-refractivity contribution in [3.05, 3.63) is 24.3 Å². The minimum absolute atomic E-state index is 0. The smallest absolute Gasteiger partial charge is 0.652 e. The van der Waals surface area contributed by atoms with Crippen molar-refractivity contribution in [2.24, 2.45) is 0 Å². The summed E-state index contributed by atoms with van der Waals surface area (Å²) in [5, 5.41) is 25.5. The molecule has 1 aromatic rings. The minimum Gasteiger partial charge on any atom is -0.652 e.